The van der Waals surface area contributed by atoms with Gasteiger partial charge in [0.25, 0.3) is 0 Å². The van der Waals surface area contributed by atoms with E-state index in [-0.39, 0.29) is 0 Å². The topological polar surface area (TPSA) is 38.7 Å². The molecule has 3 nitrogen and oxygen atoms in total. The van der Waals surface area contributed by atoms with E-state index in [1.54, 1.807) is 0 Å². The zero-order chi connectivity index (χ0) is 44.3. The summed E-state index contributed by atoms with van der Waals surface area (Å²) in [5, 5.41) is 16.3. The summed E-state index contributed by atoms with van der Waals surface area (Å²) in [6.07, 6.45) is 1.99. The van der Waals surface area contributed by atoms with Gasteiger partial charge >= 0.3 is 0 Å². The Morgan fingerprint density at radius 1 is 0.182 bits per heavy atom. The average molecular weight is 844 g/mol. The normalized spacial score (nSPS) is 10.7. The molecule has 0 spiro atoms. The summed E-state index contributed by atoms with van der Waals surface area (Å²) in [7, 11) is 0. The first kappa shape index (κ1) is 41.2. The van der Waals surface area contributed by atoms with Gasteiger partial charge in [-0.2, -0.15) is 0 Å². The van der Waals surface area contributed by atoms with Crippen LogP contribution in [0.15, 0.2) is 273 Å². The standard InChI is InChI=1S/C22H16.C21H15N.C20H14N2/c1-3-9-17(10-4-1)19-15-16-20(18-11-5-2-6-12-18)22-14-8-7-13-21(19)22;1-3-9-16(10-4-1)20-15-22-21(17-11-5-2-6-12-17)19-14-8-7-13-18(19)20;1-3-9-15(10-4-1)19-17-13-7-8-14-18(17)20(22-21-19)16-11-5-2-6-12-16/h1-16H;1-15H;1-14H. The van der Waals surface area contributed by atoms with E-state index in [1.165, 1.54) is 54.9 Å². The highest BCUT2D eigenvalue weighted by molar-refractivity contribution is 6.06. The Morgan fingerprint density at radius 2 is 0.424 bits per heavy atom. The molecular formula is C63H45N3. The molecule has 12 aromatic rings. The van der Waals surface area contributed by atoms with Crippen molar-refractivity contribution < 1.29 is 0 Å². The molecule has 312 valence electrons. The first-order chi connectivity index (χ1) is 32.8. The van der Waals surface area contributed by atoms with E-state index in [2.05, 4.69) is 216 Å². The van der Waals surface area contributed by atoms with Crippen LogP contribution in [-0.4, -0.2) is 15.2 Å². The van der Waals surface area contributed by atoms with Gasteiger partial charge in [0.15, 0.2) is 0 Å². The Morgan fingerprint density at radius 3 is 0.773 bits per heavy atom. The van der Waals surface area contributed by atoms with E-state index >= 15 is 0 Å². The van der Waals surface area contributed by atoms with Crippen molar-refractivity contribution in [2.75, 3.05) is 0 Å². The first-order valence-corrected chi connectivity index (χ1v) is 22.3. The predicted molar refractivity (Wildman–Crippen MR) is 278 cm³/mol. The van der Waals surface area contributed by atoms with E-state index in [9.17, 15) is 0 Å². The summed E-state index contributed by atoms with van der Waals surface area (Å²) in [6, 6.07) is 92.3. The number of pyridine rings is 1. The second-order valence-corrected chi connectivity index (χ2v) is 15.9. The third-order valence-corrected chi connectivity index (χ3v) is 11.8. The molecule has 0 aliphatic carbocycles. The molecule has 0 atom stereocenters. The minimum Gasteiger partial charge on any atom is -0.255 e. The SMILES string of the molecule is c1ccc(-c2ccc(-c3ccccc3)c3ccccc23)cc1.c1ccc(-c2cnc(-c3ccccc3)c3ccccc23)cc1.c1ccc(-c2nnc(-c3ccccc3)c3ccccc23)cc1. The second-order valence-electron chi connectivity index (χ2n) is 15.9. The van der Waals surface area contributed by atoms with Crippen molar-refractivity contribution in [2.24, 2.45) is 0 Å². The van der Waals surface area contributed by atoms with Crippen LogP contribution >= 0.6 is 0 Å². The van der Waals surface area contributed by atoms with Gasteiger partial charge in [0.2, 0.25) is 0 Å². The molecule has 2 aromatic heterocycles. The van der Waals surface area contributed by atoms with Gasteiger partial charge < -0.3 is 0 Å². The van der Waals surface area contributed by atoms with Crippen molar-refractivity contribution in [3.05, 3.63) is 273 Å². The molecule has 3 heteroatoms. The van der Waals surface area contributed by atoms with Gasteiger partial charge in [0.05, 0.1) is 5.69 Å². The zero-order valence-electron chi connectivity index (χ0n) is 36.3. The predicted octanol–water partition coefficient (Wildman–Crippen LogP) is 16.7. The summed E-state index contributed by atoms with van der Waals surface area (Å²) in [5.74, 6) is 0. The number of aromatic nitrogens is 3. The molecule has 66 heavy (non-hydrogen) atoms. The fraction of sp³-hybridized carbons (Fsp3) is 0. The van der Waals surface area contributed by atoms with Gasteiger partial charge in [0.1, 0.15) is 11.4 Å². The van der Waals surface area contributed by atoms with Gasteiger partial charge in [-0.1, -0.05) is 267 Å². The van der Waals surface area contributed by atoms with Crippen molar-refractivity contribution >= 4 is 32.3 Å². The third kappa shape index (κ3) is 8.87. The van der Waals surface area contributed by atoms with Crippen LogP contribution in [0.1, 0.15) is 0 Å². The molecule has 12 rings (SSSR count). The molecule has 0 N–H and O–H groups in total. The quantitative estimate of drug-likeness (QED) is 0.167. The Bertz CT molecular complexity index is 2880. The molecule has 0 radical (unpaired) electrons. The summed E-state index contributed by atoms with van der Waals surface area (Å²) >= 11 is 0. The van der Waals surface area contributed by atoms with E-state index in [0.717, 1.165) is 44.5 Å². The summed E-state index contributed by atoms with van der Waals surface area (Å²) in [6.45, 7) is 0. The Kier molecular flexibility index (Phi) is 12.3. The zero-order valence-corrected chi connectivity index (χ0v) is 36.3. The average Bonchev–Trinajstić information content (AvgIpc) is 3.42. The van der Waals surface area contributed by atoms with E-state index in [4.69, 9.17) is 4.98 Å². The van der Waals surface area contributed by atoms with Crippen LogP contribution in [0.4, 0.5) is 0 Å². The maximum absolute atomic E-state index is 4.75. The molecule has 0 saturated heterocycles. The molecule has 10 aromatic carbocycles. The van der Waals surface area contributed by atoms with Gasteiger partial charge in [0, 0.05) is 44.6 Å². The number of benzene rings is 10. The maximum atomic E-state index is 4.75. The fourth-order valence-electron chi connectivity index (χ4n) is 8.63. The van der Waals surface area contributed by atoms with Gasteiger partial charge in [-0.3, -0.25) is 4.98 Å². The second kappa shape index (κ2) is 19.7. The van der Waals surface area contributed by atoms with Crippen molar-refractivity contribution in [3.63, 3.8) is 0 Å². The van der Waals surface area contributed by atoms with Crippen LogP contribution in [-0.2, 0) is 0 Å². The van der Waals surface area contributed by atoms with Crippen molar-refractivity contribution in [2.45, 2.75) is 0 Å². The van der Waals surface area contributed by atoms with Crippen LogP contribution in [0.5, 0.6) is 0 Å². The lowest BCUT2D eigenvalue weighted by Gasteiger charge is -2.12. The Hall–Kier alpha value is -8.79. The number of rotatable bonds is 6. The van der Waals surface area contributed by atoms with E-state index in [1.807, 2.05) is 66.9 Å². The first-order valence-electron chi connectivity index (χ1n) is 22.3. The minimum absolute atomic E-state index is 0.927. The van der Waals surface area contributed by atoms with Crippen LogP contribution in [0.25, 0.3) is 99.5 Å². The summed E-state index contributed by atoms with van der Waals surface area (Å²) in [4.78, 5) is 4.75. The third-order valence-electron chi connectivity index (χ3n) is 11.8. The summed E-state index contributed by atoms with van der Waals surface area (Å²) in [5.41, 5.74) is 13.7. The molecule has 0 amide bonds. The van der Waals surface area contributed by atoms with Crippen LogP contribution in [0.2, 0.25) is 0 Å². The molecular weight excluding hydrogens is 799 g/mol. The smallest absolute Gasteiger partial charge is 0.101 e. The van der Waals surface area contributed by atoms with Gasteiger partial charge in [-0.15, -0.1) is 10.2 Å². The number of hydrogen-bond donors (Lipinski definition) is 0. The molecule has 2 heterocycles. The highest BCUT2D eigenvalue weighted by Gasteiger charge is 2.13. The highest BCUT2D eigenvalue weighted by Crippen LogP contribution is 2.37. The monoisotopic (exact) mass is 843 g/mol. The lowest BCUT2D eigenvalue weighted by atomic mass is 9.92. The highest BCUT2D eigenvalue weighted by atomic mass is 15.1. The number of fused-ring (bicyclic) bond motifs is 3. The molecule has 0 bridgehead atoms. The Balaban J connectivity index is 0.000000116. The van der Waals surface area contributed by atoms with Gasteiger partial charge in [-0.05, 0) is 44.0 Å². The lowest BCUT2D eigenvalue weighted by Crippen LogP contribution is -1.94. The van der Waals surface area contributed by atoms with Crippen LogP contribution in [0, 0.1) is 0 Å². The Labute approximate surface area is 386 Å². The number of hydrogen-bond acceptors (Lipinski definition) is 3. The maximum Gasteiger partial charge on any atom is 0.101 e. The fourth-order valence-corrected chi connectivity index (χ4v) is 8.63. The van der Waals surface area contributed by atoms with Gasteiger partial charge in [-0.25, -0.2) is 0 Å². The summed E-state index contributed by atoms with van der Waals surface area (Å²) < 4.78 is 0. The van der Waals surface area contributed by atoms with Crippen molar-refractivity contribution in [3.8, 4) is 67.2 Å². The van der Waals surface area contributed by atoms with E-state index < -0.39 is 0 Å². The lowest BCUT2D eigenvalue weighted by molar-refractivity contribution is 1.06. The molecule has 0 aliphatic rings. The van der Waals surface area contributed by atoms with E-state index in [0.29, 0.717) is 0 Å². The minimum atomic E-state index is 0.927. The molecule has 0 fully saturated rings. The molecule has 0 aliphatic heterocycles. The molecule has 0 unspecified atom stereocenters. The van der Waals surface area contributed by atoms with Crippen molar-refractivity contribution in [1.82, 2.24) is 15.2 Å². The van der Waals surface area contributed by atoms with Crippen molar-refractivity contribution in [1.29, 1.82) is 0 Å². The van der Waals surface area contributed by atoms with Crippen LogP contribution in [0.3, 0.4) is 0 Å². The molecule has 0 saturated carbocycles. The van der Waals surface area contributed by atoms with Crippen LogP contribution < -0.4 is 0 Å². The number of nitrogens with zero attached hydrogens (tertiary/aromatic N) is 3. The largest absolute Gasteiger partial charge is 0.255 e.